The van der Waals surface area contributed by atoms with Crippen LogP contribution in [0.3, 0.4) is 0 Å². The summed E-state index contributed by atoms with van der Waals surface area (Å²) in [5.41, 5.74) is 0. The first-order valence-electron chi connectivity index (χ1n) is 4.14. The van der Waals surface area contributed by atoms with Gasteiger partial charge >= 0.3 is 0 Å². The number of amides is 1. The number of allylic oxidation sites excluding steroid dienone is 2. The summed E-state index contributed by atoms with van der Waals surface area (Å²) in [5.74, 6) is 0.467. The number of hydrogen-bond donors (Lipinski definition) is 0. The van der Waals surface area contributed by atoms with Crippen LogP contribution in [0.1, 0.15) is 6.42 Å². The highest BCUT2D eigenvalue weighted by atomic mass is 16.2. The van der Waals surface area contributed by atoms with Crippen LogP contribution in [-0.4, -0.2) is 23.9 Å². The van der Waals surface area contributed by atoms with Crippen LogP contribution < -0.4 is 0 Å². The summed E-state index contributed by atoms with van der Waals surface area (Å²) < 4.78 is 0. The van der Waals surface area contributed by atoms with Crippen molar-refractivity contribution in [2.24, 2.45) is 5.92 Å². The number of carbonyl (C=O) groups excluding carboxylic acids is 1. The first-order valence-corrected chi connectivity index (χ1v) is 4.14. The van der Waals surface area contributed by atoms with Gasteiger partial charge in [-0.25, -0.2) is 0 Å². The third-order valence-electron chi connectivity index (χ3n) is 2.47. The van der Waals surface area contributed by atoms with E-state index in [0.29, 0.717) is 5.92 Å². The molecule has 62 valence electrons. The van der Waals surface area contributed by atoms with Crippen LogP contribution in [-0.2, 0) is 4.79 Å². The zero-order valence-electron chi connectivity index (χ0n) is 7.03. The first kappa shape index (κ1) is 7.59. The van der Waals surface area contributed by atoms with Crippen molar-refractivity contribution in [2.45, 2.75) is 12.5 Å². The maximum atomic E-state index is 11.2. The van der Waals surface area contributed by atoms with Crippen molar-refractivity contribution < 1.29 is 4.79 Å². The van der Waals surface area contributed by atoms with Gasteiger partial charge in [-0.2, -0.15) is 0 Å². The Labute approximate surface area is 72.6 Å². The molecule has 2 atom stereocenters. The molecule has 2 heteroatoms. The summed E-state index contributed by atoms with van der Waals surface area (Å²) in [7, 11) is 1.83. The van der Waals surface area contributed by atoms with Crippen LogP contribution in [0, 0.1) is 12.3 Å². The summed E-state index contributed by atoms with van der Waals surface area (Å²) in [4.78, 5) is 13.0. The maximum Gasteiger partial charge on any atom is 0.231 e. The van der Waals surface area contributed by atoms with Crippen molar-refractivity contribution in [1.82, 2.24) is 4.90 Å². The molecule has 0 saturated carbocycles. The van der Waals surface area contributed by atoms with Crippen LogP contribution in [0.25, 0.3) is 0 Å². The van der Waals surface area contributed by atoms with Crippen LogP contribution in [0.15, 0.2) is 24.3 Å². The van der Waals surface area contributed by atoms with Gasteiger partial charge in [-0.15, -0.1) is 0 Å². The molecule has 0 aromatic heterocycles. The molecule has 2 unspecified atom stereocenters. The fourth-order valence-corrected chi connectivity index (χ4v) is 1.71. The zero-order chi connectivity index (χ0) is 8.55. The molecule has 0 aromatic rings. The summed E-state index contributed by atoms with van der Waals surface area (Å²) >= 11 is 0. The molecular formula is C10H11NO. The van der Waals surface area contributed by atoms with Crippen LogP contribution >= 0.6 is 0 Å². The third-order valence-corrected chi connectivity index (χ3v) is 2.47. The van der Waals surface area contributed by atoms with Gasteiger partial charge in [0.1, 0.15) is 0 Å². The lowest BCUT2D eigenvalue weighted by Gasteiger charge is -2.36. The van der Waals surface area contributed by atoms with Crippen LogP contribution in [0.2, 0.25) is 0 Å². The van der Waals surface area contributed by atoms with E-state index in [2.05, 4.69) is 18.6 Å². The van der Waals surface area contributed by atoms with Gasteiger partial charge in [-0.3, -0.25) is 4.79 Å². The molecule has 2 radical (unpaired) electrons. The average molecular weight is 161 g/mol. The number of carbonyl (C=O) groups is 1. The highest BCUT2D eigenvalue weighted by molar-refractivity contribution is 5.86. The van der Waals surface area contributed by atoms with Crippen molar-refractivity contribution in [1.29, 1.82) is 0 Å². The molecule has 1 heterocycles. The fraction of sp³-hybridized carbons (Fsp3) is 0.400. The first-order chi connectivity index (χ1) is 5.79. The summed E-state index contributed by atoms with van der Waals surface area (Å²) in [5, 5.41) is 0. The predicted molar refractivity (Wildman–Crippen MR) is 46.2 cm³/mol. The van der Waals surface area contributed by atoms with E-state index in [1.54, 1.807) is 4.90 Å². The lowest BCUT2D eigenvalue weighted by Crippen LogP contribution is -2.45. The second-order valence-corrected chi connectivity index (χ2v) is 3.22. The van der Waals surface area contributed by atoms with Gasteiger partial charge in [0, 0.05) is 13.0 Å². The van der Waals surface area contributed by atoms with E-state index in [0.717, 1.165) is 6.42 Å². The van der Waals surface area contributed by atoms with E-state index in [-0.39, 0.29) is 11.9 Å². The van der Waals surface area contributed by atoms with E-state index in [1.165, 1.54) is 0 Å². The summed E-state index contributed by atoms with van der Waals surface area (Å²) in [6.45, 7) is 0. The Kier molecular flexibility index (Phi) is 1.75. The van der Waals surface area contributed by atoms with Gasteiger partial charge in [0.05, 0.1) is 12.5 Å². The number of nitrogens with zero attached hydrogens (tertiary/aromatic N) is 1. The fourth-order valence-electron chi connectivity index (χ4n) is 1.71. The standard InChI is InChI=1S/C10H11NO/c1-11-9-5-3-2-4-8(9)6-7-10(11)12/h2-5,8-9H,6H2,1H3. The second kappa shape index (κ2) is 2.77. The highest BCUT2D eigenvalue weighted by Crippen LogP contribution is 2.26. The lowest BCUT2D eigenvalue weighted by atomic mass is 9.86. The minimum atomic E-state index is 0.0243. The van der Waals surface area contributed by atoms with Gasteiger partial charge < -0.3 is 4.90 Å². The highest BCUT2D eigenvalue weighted by Gasteiger charge is 2.31. The number of likely N-dealkylation sites (N-methyl/N-ethyl adjacent to an activating group) is 1. The molecule has 2 aliphatic rings. The monoisotopic (exact) mass is 161 g/mol. The number of rotatable bonds is 0. The third kappa shape index (κ3) is 1.07. The number of fused-ring (bicyclic) bond motifs is 1. The zero-order valence-corrected chi connectivity index (χ0v) is 7.03. The van der Waals surface area contributed by atoms with E-state index < -0.39 is 0 Å². The van der Waals surface area contributed by atoms with Crippen LogP contribution in [0.4, 0.5) is 0 Å². The van der Waals surface area contributed by atoms with Gasteiger partial charge in [0.15, 0.2) is 0 Å². The van der Waals surface area contributed by atoms with E-state index in [1.807, 2.05) is 19.2 Å². The Bertz CT molecular complexity index is 253. The Morgan fingerprint density at radius 2 is 2.25 bits per heavy atom. The minimum Gasteiger partial charge on any atom is -0.338 e. The molecule has 0 N–H and O–H groups in total. The van der Waals surface area contributed by atoms with Gasteiger partial charge in [0.25, 0.3) is 0 Å². The van der Waals surface area contributed by atoms with Crippen molar-refractivity contribution in [3.8, 4) is 0 Å². The van der Waals surface area contributed by atoms with Crippen molar-refractivity contribution in [3.05, 3.63) is 30.7 Å². The quantitative estimate of drug-likeness (QED) is 0.520. The van der Waals surface area contributed by atoms with Crippen molar-refractivity contribution in [2.75, 3.05) is 7.05 Å². The van der Waals surface area contributed by atoms with Gasteiger partial charge in [-0.1, -0.05) is 24.3 Å². The number of piperidine rings is 1. The molecule has 12 heavy (non-hydrogen) atoms. The average Bonchev–Trinajstić information content (AvgIpc) is 2.12. The van der Waals surface area contributed by atoms with E-state index in [4.69, 9.17) is 0 Å². The molecular weight excluding hydrogens is 150 g/mol. The Morgan fingerprint density at radius 3 is 3.08 bits per heavy atom. The SMILES string of the molecule is CN1C(=O)[C]CC2C=CC=CC21. The second-order valence-electron chi connectivity index (χ2n) is 3.22. The molecule has 1 saturated heterocycles. The molecule has 0 spiro atoms. The Morgan fingerprint density at radius 1 is 1.50 bits per heavy atom. The minimum absolute atomic E-state index is 0.0243. The van der Waals surface area contributed by atoms with Gasteiger partial charge in [-0.05, 0) is 6.42 Å². The molecule has 0 bridgehead atoms. The topological polar surface area (TPSA) is 20.3 Å². The molecule has 2 rings (SSSR count). The molecule has 2 nitrogen and oxygen atoms in total. The van der Waals surface area contributed by atoms with Crippen molar-refractivity contribution in [3.63, 3.8) is 0 Å². The van der Waals surface area contributed by atoms with E-state index in [9.17, 15) is 4.79 Å². The maximum absolute atomic E-state index is 11.2. The Balaban J connectivity index is 2.21. The lowest BCUT2D eigenvalue weighted by molar-refractivity contribution is -0.130. The predicted octanol–water partition coefficient (Wildman–Crippen LogP) is 1.04. The van der Waals surface area contributed by atoms with Crippen molar-refractivity contribution >= 4 is 5.91 Å². The normalized spacial score (nSPS) is 33.8. The summed E-state index contributed by atoms with van der Waals surface area (Å²) in [6.07, 6.45) is 11.8. The summed E-state index contributed by atoms with van der Waals surface area (Å²) in [6, 6.07) is 0.253. The number of hydrogen-bond acceptors (Lipinski definition) is 1. The molecule has 1 fully saturated rings. The van der Waals surface area contributed by atoms with Gasteiger partial charge in [0.2, 0.25) is 5.91 Å². The van der Waals surface area contributed by atoms with Crippen LogP contribution in [0.5, 0.6) is 0 Å². The molecule has 1 aliphatic carbocycles. The smallest absolute Gasteiger partial charge is 0.231 e. The largest absolute Gasteiger partial charge is 0.338 e. The Hall–Kier alpha value is -1.05. The molecule has 0 aromatic carbocycles. The molecule has 1 amide bonds. The van der Waals surface area contributed by atoms with E-state index >= 15 is 0 Å². The number of likely N-dealkylation sites (tertiary alicyclic amines) is 1. The molecule has 1 aliphatic heterocycles.